The molecule has 1 fully saturated rings. The van der Waals surface area contributed by atoms with E-state index < -0.39 is 0 Å². The molecule has 0 saturated heterocycles. The fraction of sp³-hybridized carbons (Fsp3) is 0.375. The largest absolute Gasteiger partial charge is 0.197 e. The van der Waals surface area contributed by atoms with E-state index in [2.05, 4.69) is 19.2 Å². The molecule has 0 atom stereocenters. The highest BCUT2D eigenvalue weighted by atomic mass is 14.5. The minimum Gasteiger partial charge on any atom is -0.197 e. The van der Waals surface area contributed by atoms with Gasteiger partial charge in [0.05, 0.1) is 11.5 Å². The van der Waals surface area contributed by atoms with Crippen LogP contribution < -0.4 is 0 Å². The average molecular weight is 119 g/mol. The summed E-state index contributed by atoms with van der Waals surface area (Å²) >= 11 is 0. The van der Waals surface area contributed by atoms with Crippen LogP contribution in [-0.2, 0) is 0 Å². The van der Waals surface area contributed by atoms with Gasteiger partial charge >= 0.3 is 0 Å². The molecule has 1 aliphatic rings. The summed E-state index contributed by atoms with van der Waals surface area (Å²) in [5.41, 5.74) is 0.673. The van der Waals surface area contributed by atoms with Gasteiger partial charge in [-0.3, -0.25) is 0 Å². The Balaban J connectivity index is 2.74. The van der Waals surface area contributed by atoms with Crippen molar-refractivity contribution in [2.45, 2.75) is 12.8 Å². The number of nitriles is 1. The van der Waals surface area contributed by atoms with Gasteiger partial charge in [-0.1, -0.05) is 19.2 Å². The lowest BCUT2D eigenvalue weighted by molar-refractivity contribution is 0.834. The van der Waals surface area contributed by atoms with Crippen molar-refractivity contribution in [2.75, 3.05) is 0 Å². The van der Waals surface area contributed by atoms with Crippen LogP contribution >= 0.6 is 0 Å². The molecule has 0 aliphatic heterocycles. The van der Waals surface area contributed by atoms with E-state index in [0.29, 0.717) is 0 Å². The second kappa shape index (κ2) is 1.73. The third kappa shape index (κ3) is 0.768. The SMILES string of the molecule is C=CC(=C)C1(C#N)CC1. The number of hydrogen-bond donors (Lipinski definition) is 0. The third-order valence-electron chi connectivity index (χ3n) is 1.83. The fourth-order valence-electron chi connectivity index (χ4n) is 0.825. The van der Waals surface area contributed by atoms with Crippen molar-refractivity contribution in [3.63, 3.8) is 0 Å². The Bertz CT molecular complexity index is 191. The summed E-state index contributed by atoms with van der Waals surface area (Å²) in [5, 5.41) is 8.60. The number of allylic oxidation sites excluding steroid dienone is 2. The lowest BCUT2D eigenvalue weighted by Crippen LogP contribution is -1.95. The van der Waals surface area contributed by atoms with Gasteiger partial charge in [0, 0.05) is 0 Å². The monoisotopic (exact) mass is 119 g/mol. The van der Waals surface area contributed by atoms with Crippen LogP contribution in [0.15, 0.2) is 24.8 Å². The van der Waals surface area contributed by atoms with Crippen LogP contribution in [0, 0.1) is 16.7 Å². The van der Waals surface area contributed by atoms with Gasteiger partial charge in [0.1, 0.15) is 0 Å². The van der Waals surface area contributed by atoms with Crippen molar-refractivity contribution >= 4 is 0 Å². The Morgan fingerprint density at radius 2 is 2.22 bits per heavy atom. The van der Waals surface area contributed by atoms with Gasteiger partial charge in [-0.05, 0) is 18.4 Å². The number of rotatable bonds is 2. The Morgan fingerprint density at radius 3 is 2.33 bits per heavy atom. The molecule has 1 aliphatic carbocycles. The molecule has 1 heteroatoms. The van der Waals surface area contributed by atoms with Crippen LogP contribution in [0.25, 0.3) is 0 Å². The highest BCUT2D eigenvalue weighted by Crippen LogP contribution is 2.50. The van der Waals surface area contributed by atoms with Gasteiger partial charge in [-0.15, -0.1) is 0 Å². The van der Waals surface area contributed by atoms with Gasteiger partial charge in [-0.2, -0.15) is 5.26 Å². The van der Waals surface area contributed by atoms with Gasteiger partial charge in [-0.25, -0.2) is 0 Å². The van der Waals surface area contributed by atoms with Crippen LogP contribution in [0.4, 0.5) is 0 Å². The lowest BCUT2D eigenvalue weighted by atomic mass is 10.00. The maximum atomic E-state index is 8.60. The zero-order valence-corrected chi connectivity index (χ0v) is 5.35. The second-order valence-electron chi connectivity index (χ2n) is 2.42. The van der Waals surface area contributed by atoms with E-state index in [4.69, 9.17) is 5.26 Å². The molecule has 0 aromatic rings. The molecule has 0 aromatic carbocycles. The molecule has 1 rings (SSSR count). The summed E-state index contributed by atoms with van der Waals surface area (Å²) in [4.78, 5) is 0. The van der Waals surface area contributed by atoms with Gasteiger partial charge < -0.3 is 0 Å². The maximum absolute atomic E-state index is 8.60. The Hall–Kier alpha value is -1.03. The van der Waals surface area contributed by atoms with Crippen LogP contribution in [0.3, 0.4) is 0 Å². The van der Waals surface area contributed by atoms with E-state index in [9.17, 15) is 0 Å². The molecular weight excluding hydrogens is 110 g/mol. The lowest BCUT2D eigenvalue weighted by Gasteiger charge is -2.01. The summed E-state index contributed by atoms with van der Waals surface area (Å²) < 4.78 is 0. The second-order valence-corrected chi connectivity index (χ2v) is 2.42. The van der Waals surface area contributed by atoms with Crippen molar-refractivity contribution in [2.24, 2.45) is 5.41 Å². The zero-order chi connectivity index (χ0) is 6.91. The highest BCUT2D eigenvalue weighted by Gasteiger charge is 2.44. The standard InChI is InChI=1S/C8H9N/c1-3-7(2)8(6-9)4-5-8/h3H,1-2,4-5H2. The van der Waals surface area contributed by atoms with E-state index >= 15 is 0 Å². The predicted molar refractivity (Wildman–Crippen MR) is 36.6 cm³/mol. The van der Waals surface area contributed by atoms with Gasteiger partial charge in [0.15, 0.2) is 0 Å². The zero-order valence-electron chi connectivity index (χ0n) is 5.35. The van der Waals surface area contributed by atoms with E-state index in [1.54, 1.807) is 6.08 Å². The Labute approximate surface area is 55.3 Å². The molecule has 0 N–H and O–H groups in total. The highest BCUT2D eigenvalue weighted by molar-refractivity contribution is 5.35. The molecule has 1 saturated carbocycles. The van der Waals surface area contributed by atoms with Crippen LogP contribution in [0.5, 0.6) is 0 Å². The van der Waals surface area contributed by atoms with E-state index in [-0.39, 0.29) is 5.41 Å². The van der Waals surface area contributed by atoms with Crippen molar-refractivity contribution in [1.29, 1.82) is 5.26 Å². The van der Waals surface area contributed by atoms with E-state index in [1.165, 1.54) is 0 Å². The average Bonchev–Trinajstić information content (AvgIpc) is 2.66. The Morgan fingerprint density at radius 1 is 1.67 bits per heavy atom. The number of nitrogens with zero attached hydrogens (tertiary/aromatic N) is 1. The number of hydrogen-bond acceptors (Lipinski definition) is 1. The molecule has 0 bridgehead atoms. The molecule has 9 heavy (non-hydrogen) atoms. The predicted octanol–water partition coefficient (Wildman–Crippen LogP) is 2.03. The van der Waals surface area contributed by atoms with Crippen LogP contribution in [0.2, 0.25) is 0 Å². The molecule has 0 aromatic heterocycles. The van der Waals surface area contributed by atoms with Crippen molar-refractivity contribution in [1.82, 2.24) is 0 Å². The molecule has 0 unspecified atom stereocenters. The molecule has 0 spiro atoms. The smallest absolute Gasteiger partial charge is 0.0817 e. The summed E-state index contributed by atoms with van der Waals surface area (Å²) in [6.45, 7) is 7.30. The first-order valence-corrected chi connectivity index (χ1v) is 2.98. The van der Waals surface area contributed by atoms with Crippen LogP contribution in [0.1, 0.15) is 12.8 Å². The normalized spacial score (nSPS) is 19.9. The van der Waals surface area contributed by atoms with E-state index in [0.717, 1.165) is 18.4 Å². The summed E-state index contributed by atoms with van der Waals surface area (Å²) in [5.74, 6) is 0. The first-order valence-electron chi connectivity index (χ1n) is 2.98. The van der Waals surface area contributed by atoms with Crippen molar-refractivity contribution in [3.8, 4) is 6.07 Å². The topological polar surface area (TPSA) is 23.8 Å². The molecule has 0 heterocycles. The fourth-order valence-corrected chi connectivity index (χ4v) is 0.825. The third-order valence-corrected chi connectivity index (χ3v) is 1.83. The summed E-state index contributed by atoms with van der Waals surface area (Å²) in [6, 6.07) is 2.23. The Kier molecular flexibility index (Phi) is 1.17. The van der Waals surface area contributed by atoms with Crippen molar-refractivity contribution in [3.05, 3.63) is 24.8 Å². The molecular formula is C8H9N. The minimum atomic E-state index is -0.207. The van der Waals surface area contributed by atoms with Crippen LogP contribution in [-0.4, -0.2) is 0 Å². The van der Waals surface area contributed by atoms with E-state index in [1.807, 2.05) is 0 Å². The maximum Gasteiger partial charge on any atom is 0.0817 e. The minimum absolute atomic E-state index is 0.207. The molecule has 0 radical (unpaired) electrons. The molecule has 46 valence electrons. The summed E-state index contributed by atoms with van der Waals surface area (Å²) in [6.07, 6.45) is 3.61. The quantitative estimate of drug-likeness (QED) is 0.510. The first kappa shape index (κ1) is 6.10. The summed E-state index contributed by atoms with van der Waals surface area (Å²) in [7, 11) is 0. The molecule has 0 amide bonds. The van der Waals surface area contributed by atoms with Crippen molar-refractivity contribution < 1.29 is 0 Å². The first-order chi connectivity index (χ1) is 4.25. The van der Waals surface area contributed by atoms with Gasteiger partial charge in [0.2, 0.25) is 0 Å². The molecule has 1 nitrogen and oxygen atoms in total. The van der Waals surface area contributed by atoms with Gasteiger partial charge in [0.25, 0.3) is 0 Å².